The van der Waals surface area contributed by atoms with Gasteiger partial charge in [-0.2, -0.15) is 0 Å². The summed E-state index contributed by atoms with van der Waals surface area (Å²) >= 11 is 0. The summed E-state index contributed by atoms with van der Waals surface area (Å²) in [6.45, 7) is 0. The van der Waals surface area contributed by atoms with E-state index < -0.39 is 0 Å². The lowest BCUT2D eigenvalue weighted by Crippen LogP contribution is -1.87. The largest absolute Gasteiger partial charge is 0.497 e. The zero-order valence-electron chi connectivity index (χ0n) is 7.57. The fourth-order valence-electron chi connectivity index (χ4n) is 1.62. The Labute approximate surface area is 77.5 Å². The molecule has 0 saturated heterocycles. The van der Waals surface area contributed by atoms with Crippen LogP contribution in [0.2, 0.25) is 0 Å². The molecule has 2 nitrogen and oxygen atoms in total. The molecule has 1 aliphatic carbocycles. The van der Waals surface area contributed by atoms with Crippen LogP contribution in [0.4, 0.5) is 0 Å². The minimum atomic E-state index is 0.243. The number of ether oxygens (including phenoxy) is 1. The Balaban J connectivity index is 2.17. The Kier molecular flexibility index (Phi) is 2.05. The van der Waals surface area contributed by atoms with Crippen molar-refractivity contribution in [2.75, 3.05) is 7.11 Å². The van der Waals surface area contributed by atoms with Crippen molar-refractivity contribution in [3.05, 3.63) is 29.8 Å². The number of hydrogen-bond donors (Lipinski definition) is 0. The third-order valence-corrected chi connectivity index (χ3v) is 2.54. The molecule has 0 unspecified atom stereocenters. The van der Waals surface area contributed by atoms with Gasteiger partial charge in [-0.15, -0.1) is 0 Å². The van der Waals surface area contributed by atoms with Gasteiger partial charge in [-0.25, -0.2) is 0 Å². The first-order chi connectivity index (χ1) is 6.35. The maximum atomic E-state index is 10.5. The van der Waals surface area contributed by atoms with Gasteiger partial charge in [0.2, 0.25) is 0 Å². The average molecular weight is 176 g/mol. The summed E-state index contributed by atoms with van der Waals surface area (Å²) in [5.41, 5.74) is 1.22. The highest BCUT2D eigenvalue weighted by Gasteiger charge is 2.37. The van der Waals surface area contributed by atoms with Gasteiger partial charge in [0.25, 0.3) is 0 Å². The minimum Gasteiger partial charge on any atom is -0.497 e. The second kappa shape index (κ2) is 3.21. The molecule has 1 aromatic rings. The summed E-state index contributed by atoms with van der Waals surface area (Å²) < 4.78 is 5.11. The average Bonchev–Trinajstić information content (AvgIpc) is 2.97. The highest BCUT2D eigenvalue weighted by atomic mass is 16.5. The first-order valence-electron chi connectivity index (χ1n) is 4.44. The summed E-state index contributed by atoms with van der Waals surface area (Å²) in [6.07, 6.45) is 2.04. The van der Waals surface area contributed by atoms with Crippen LogP contribution in [0.25, 0.3) is 0 Å². The van der Waals surface area contributed by atoms with Crippen LogP contribution < -0.4 is 4.74 Å². The van der Waals surface area contributed by atoms with E-state index in [9.17, 15) is 4.79 Å². The van der Waals surface area contributed by atoms with Crippen LogP contribution in [-0.4, -0.2) is 13.4 Å². The Bertz CT molecular complexity index is 320. The topological polar surface area (TPSA) is 26.3 Å². The SMILES string of the molecule is COc1cccc([C@@H]2C[C@H]2C=O)c1. The lowest BCUT2D eigenvalue weighted by molar-refractivity contribution is -0.108. The molecular weight excluding hydrogens is 164 g/mol. The van der Waals surface area contributed by atoms with Crippen molar-refractivity contribution >= 4 is 6.29 Å². The van der Waals surface area contributed by atoms with Gasteiger partial charge >= 0.3 is 0 Å². The van der Waals surface area contributed by atoms with Gasteiger partial charge in [-0.1, -0.05) is 12.1 Å². The Morgan fingerprint density at radius 2 is 2.38 bits per heavy atom. The standard InChI is InChI=1S/C11H12O2/c1-13-10-4-2-3-8(5-10)11-6-9(11)7-12/h2-5,7,9,11H,6H2,1H3/t9-,11-/m0/s1. The van der Waals surface area contributed by atoms with E-state index in [-0.39, 0.29) is 5.92 Å². The maximum Gasteiger partial charge on any atom is 0.123 e. The van der Waals surface area contributed by atoms with Crippen LogP contribution >= 0.6 is 0 Å². The van der Waals surface area contributed by atoms with E-state index in [4.69, 9.17) is 4.74 Å². The normalized spacial score (nSPS) is 25.3. The fourth-order valence-corrected chi connectivity index (χ4v) is 1.62. The molecular formula is C11H12O2. The minimum absolute atomic E-state index is 0.243. The van der Waals surface area contributed by atoms with Gasteiger partial charge in [-0.3, -0.25) is 0 Å². The van der Waals surface area contributed by atoms with Gasteiger partial charge in [0.1, 0.15) is 12.0 Å². The molecule has 0 spiro atoms. The Morgan fingerprint density at radius 3 is 3.00 bits per heavy atom. The molecule has 0 heterocycles. The van der Waals surface area contributed by atoms with Gasteiger partial charge in [-0.05, 0) is 30.0 Å². The van der Waals surface area contributed by atoms with Crippen LogP contribution in [0.15, 0.2) is 24.3 Å². The quantitative estimate of drug-likeness (QED) is 0.658. The number of hydrogen-bond acceptors (Lipinski definition) is 2. The number of aldehydes is 1. The first kappa shape index (κ1) is 8.30. The smallest absolute Gasteiger partial charge is 0.123 e. The van der Waals surface area contributed by atoms with Crippen LogP contribution in [0, 0.1) is 5.92 Å². The number of methoxy groups -OCH3 is 1. The molecule has 0 aromatic heterocycles. The molecule has 13 heavy (non-hydrogen) atoms. The number of rotatable bonds is 3. The van der Waals surface area contributed by atoms with Gasteiger partial charge in [0.05, 0.1) is 7.11 Å². The molecule has 1 aromatic carbocycles. The van der Waals surface area contributed by atoms with Gasteiger partial charge in [0, 0.05) is 5.92 Å². The highest BCUT2D eigenvalue weighted by molar-refractivity contribution is 5.61. The van der Waals surface area contributed by atoms with Crippen LogP contribution in [-0.2, 0) is 4.79 Å². The summed E-state index contributed by atoms with van der Waals surface area (Å²) in [5.74, 6) is 1.55. The Hall–Kier alpha value is -1.31. The molecule has 0 amide bonds. The van der Waals surface area contributed by atoms with Crippen molar-refractivity contribution in [2.24, 2.45) is 5.92 Å². The second-order valence-electron chi connectivity index (χ2n) is 3.42. The third kappa shape index (κ3) is 1.57. The van der Waals surface area contributed by atoms with E-state index in [0.717, 1.165) is 18.5 Å². The molecule has 2 rings (SSSR count). The predicted molar refractivity (Wildman–Crippen MR) is 49.9 cm³/mol. The number of benzene rings is 1. The van der Waals surface area contributed by atoms with E-state index in [0.29, 0.717) is 5.92 Å². The molecule has 1 fully saturated rings. The zero-order chi connectivity index (χ0) is 9.26. The van der Waals surface area contributed by atoms with Crippen LogP contribution in [0.1, 0.15) is 17.9 Å². The van der Waals surface area contributed by atoms with Crippen molar-refractivity contribution in [3.8, 4) is 5.75 Å². The van der Waals surface area contributed by atoms with E-state index in [1.54, 1.807) is 7.11 Å². The van der Waals surface area contributed by atoms with Crippen molar-refractivity contribution in [2.45, 2.75) is 12.3 Å². The van der Waals surface area contributed by atoms with E-state index >= 15 is 0 Å². The van der Waals surface area contributed by atoms with Crippen LogP contribution in [0.3, 0.4) is 0 Å². The molecule has 68 valence electrons. The van der Waals surface area contributed by atoms with E-state index in [2.05, 4.69) is 6.07 Å². The molecule has 0 aliphatic heterocycles. The summed E-state index contributed by atoms with van der Waals surface area (Å²) in [6, 6.07) is 7.95. The highest BCUT2D eigenvalue weighted by Crippen LogP contribution is 2.46. The van der Waals surface area contributed by atoms with Crippen molar-refractivity contribution in [1.82, 2.24) is 0 Å². The third-order valence-electron chi connectivity index (χ3n) is 2.54. The van der Waals surface area contributed by atoms with Gasteiger partial charge in [0.15, 0.2) is 0 Å². The molecule has 2 heteroatoms. The molecule has 1 saturated carbocycles. The molecule has 0 bridgehead atoms. The molecule has 2 atom stereocenters. The second-order valence-corrected chi connectivity index (χ2v) is 3.42. The van der Waals surface area contributed by atoms with Crippen molar-refractivity contribution < 1.29 is 9.53 Å². The lowest BCUT2D eigenvalue weighted by Gasteiger charge is -2.02. The molecule has 0 N–H and O–H groups in total. The van der Waals surface area contributed by atoms with E-state index in [1.807, 2.05) is 18.2 Å². The number of carbonyl (C=O) groups is 1. The summed E-state index contributed by atoms with van der Waals surface area (Å²) in [7, 11) is 1.66. The lowest BCUT2D eigenvalue weighted by atomic mass is 10.1. The zero-order valence-corrected chi connectivity index (χ0v) is 7.57. The molecule has 0 radical (unpaired) electrons. The fraction of sp³-hybridized carbons (Fsp3) is 0.364. The Morgan fingerprint density at radius 1 is 1.54 bits per heavy atom. The van der Waals surface area contributed by atoms with E-state index in [1.165, 1.54) is 5.56 Å². The molecule has 1 aliphatic rings. The first-order valence-corrected chi connectivity index (χ1v) is 4.44. The van der Waals surface area contributed by atoms with Crippen molar-refractivity contribution in [3.63, 3.8) is 0 Å². The predicted octanol–water partition coefficient (Wildman–Crippen LogP) is 2.00. The van der Waals surface area contributed by atoms with Crippen molar-refractivity contribution in [1.29, 1.82) is 0 Å². The van der Waals surface area contributed by atoms with Gasteiger partial charge < -0.3 is 9.53 Å². The number of carbonyl (C=O) groups excluding carboxylic acids is 1. The summed E-state index contributed by atoms with van der Waals surface area (Å²) in [4.78, 5) is 10.5. The monoisotopic (exact) mass is 176 g/mol. The summed E-state index contributed by atoms with van der Waals surface area (Å²) in [5, 5.41) is 0. The van der Waals surface area contributed by atoms with Crippen LogP contribution in [0.5, 0.6) is 5.75 Å². The maximum absolute atomic E-state index is 10.5.